The molecule has 106 valence electrons. The highest BCUT2D eigenvalue weighted by Crippen LogP contribution is 2.26. The number of benzene rings is 1. The van der Waals surface area contributed by atoms with E-state index in [2.05, 4.69) is 5.16 Å². The number of nitrogens with zero attached hydrogens (tertiary/aromatic N) is 2. The Bertz CT molecular complexity index is 477. The monoisotopic (exact) mass is 295 g/mol. The number of halogens is 4. The van der Waals surface area contributed by atoms with E-state index < -0.39 is 12.7 Å². The van der Waals surface area contributed by atoms with Crippen LogP contribution in [-0.4, -0.2) is 30.3 Å². The lowest BCUT2D eigenvalue weighted by Gasteiger charge is -2.24. The number of nitrogens with two attached hydrogens (primary N) is 1. The Kier molecular flexibility index (Phi) is 4.88. The van der Waals surface area contributed by atoms with Crippen molar-refractivity contribution in [1.29, 1.82) is 0 Å². The Morgan fingerprint density at radius 2 is 2.11 bits per heavy atom. The zero-order valence-electron chi connectivity index (χ0n) is 10.1. The van der Waals surface area contributed by atoms with Gasteiger partial charge in [-0.05, 0) is 25.1 Å². The maximum atomic E-state index is 12.4. The van der Waals surface area contributed by atoms with Gasteiger partial charge in [0, 0.05) is 17.8 Å². The van der Waals surface area contributed by atoms with Gasteiger partial charge in [-0.25, -0.2) is 0 Å². The smallest absolute Gasteiger partial charge is 0.405 e. The minimum atomic E-state index is -4.30. The third-order valence-electron chi connectivity index (χ3n) is 2.45. The molecule has 8 heteroatoms. The summed E-state index contributed by atoms with van der Waals surface area (Å²) in [5.74, 6) is -0.199. The number of hydrogen-bond donors (Lipinski definition) is 2. The molecule has 3 N–H and O–H groups in total. The summed E-state index contributed by atoms with van der Waals surface area (Å²) in [7, 11) is 0. The van der Waals surface area contributed by atoms with E-state index in [1.807, 2.05) is 0 Å². The molecule has 1 aromatic carbocycles. The molecule has 0 aliphatic heterocycles. The summed E-state index contributed by atoms with van der Waals surface area (Å²) in [5.41, 5.74) is 5.96. The van der Waals surface area contributed by atoms with Crippen LogP contribution in [0, 0.1) is 0 Å². The summed E-state index contributed by atoms with van der Waals surface area (Å²) >= 11 is 5.90. The summed E-state index contributed by atoms with van der Waals surface area (Å²) < 4.78 is 37.2. The van der Waals surface area contributed by atoms with Gasteiger partial charge < -0.3 is 15.8 Å². The molecular formula is C11H13ClF3N3O. The minimum absolute atomic E-state index is 0.119. The highest BCUT2D eigenvalue weighted by molar-refractivity contribution is 6.34. The average Bonchev–Trinajstić information content (AvgIpc) is 2.33. The number of oxime groups is 1. The van der Waals surface area contributed by atoms with Crippen LogP contribution in [-0.2, 0) is 0 Å². The first-order valence-corrected chi connectivity index (χ1v) is 5.75. The molecule has 0 amide bonds. The van der Waals surface area contributed by atoms with E-state index in [1.165, 1.54) is 18.2 Å². The van der Waals surface area contributed by atoms with Gasteiger partial charge in [-0.1, -0.05) is 16.8 Å². The molecule has 0 atom stereocenters. The van der Waals surface area contributed by atoms with E-state index in [0.717, 1.165) is 4.90 Å². The van der Waals surface area contributed by atoms with Gasteiger partial charge >= 0.3 is 6.18 Å². The van der Waals surface area contributed by atoms with Crippen LogP contribution in [0.2, 0.25) is 5.02 Å². The Balaban J connectivity index is 3.05. The molecule has 4 nitrogen and oxygen atoms in total. The zero-order chi connectivity index (χ0) is 14.6. The molecule has 0 aliphatic carbocycles. The maximum absolute atomic E-state index is 12.4. The van der Waals surface area contributed by atoms with Crippen LogP contribution in [0.25, 0.3) is 0 Å². The van der Waals surface area contributed by atoms with Crippen LogP contribution in [0.15, 0.2) is 23.4 Å². The molecule has 1 rings (SSSR count). The summed E-state index contributed by atoms with van der Waals surface area (Å²) in [6.45, 7) is 0.721. The third-order valence-corrected chi connectivity index (χ3v) is 2.77. The molecule has 0 spiro atoms. The van der Waals surface area contributed by atoms with E-state index in [4.69, 9.17) is 22.5 Å². The molecule has 0 saturated carbocycles. The van der Waals surface area contributed by atoms with E-state index in [0.29, 0.717) is 5.69 Å². The lowest BCUT2D eigenvalue weighted by atomic mass is 10.1. The van der Waals surface area contributed by atoms with E-state index in [1.54, 1.807) is 6.92 Å². The van der Waals surface area contributed by atoms with Crippen molar-refractivity contribution in [2.24, 2.45) is 10.9 Å². The second kappa shape index (κ2) is 6.01. The summed E-state index contributed by atoms with van der Waals surface area (Å²) in [6.07, 6.45) is -4.30. The number of alkyl halides is 3. The van der Waals surface area contributed by atoms with Crippen molar-refractivity contribution < 1.29 is 18.4 Å². The van der Waals surface area contributed by atoms with Crippen LogP contribution in [0.4, 0.5) is 18.9 Å². The molecule has 19 heavy (non-hydrogen) atoms. The van der Waals surface area contributed by atoms with Gasteiger partial charge in [0.05, 0.1) is 5.02 Å². The first-order valence-electron chi connectivity index (χ1n) is 5.37. The van der Waals surface area contributed by atoms with Crippen molar-refractivity contribution in [2.75, 3.05) is 18.0 Å². The molecule has 0 aromatic heterocycles. The molecule has 1 aromatic rings. The molecule has 0 aliphatic rings. The van der Waals surface area contributed by atoms with Crippen LogP contribution in [0.3, 0.4) is 0 Å². The van der Waals surface area contributed by atoms with Crippen LogP contribution in [0.1, 0.15) is 12.5 Å². The Labute approximate surface area is 113 Å². The maximum Gasteiger partial charge on any atom is 0.405 e. The Hall–Kier alpha value is -1.63. The molecule has 0 unspecified atom stereocenters. The lowest BCUT2D eigenvalue weighted by Crippen LogP contribution is -2.34. The second-order valence-corrected chi connectivity index (χ2v) is 4.19. The number of anilines is 1. The fourth-order valence-corrected chi connectivity index (χ4v) is 1.84. The van der Waals surface area contributed by atoms with Crippen LogP contribution in [0.5, 0.6) is 0 Å². The third kappa shape index (κ3) is 4.20. The standard InChI is InChI=1S/C11H13ClF3N3O/c1-2-18(6-11(13,14)15)7-3-4-8(9(12)5-7)10(16)17-19/h3-5,19H,2,6H2,1H3,(H2,16,17). The van der Waals surface area contributed by atoms with Crippen molar-refractivity contribution in [2.45, 2.75) is 13.1 Å². The largest absolute Gasteiger partial charge is 0.409 e. The quantitative estimate of drug-likeness (QED) is 0.389. The topological polar surface area (TPSA) is 61.8 Å². The molecule has 0 bridgehead atoms. The Morgan fingerprint density at radius 1 is 1.47 bits per heavy atom. The first-order chi connectivity index (χ1) is 8.78. The number of amidine groups is 1. The fraction of sp³-hybridized carbons (Fsp3) is 0.364. The van der Waals surface area contributed by atoms with Crippen molar-refractivity contribution in [3.63, 3.8) is 0 Å². The predicted molar refractivity (Wildman–Crippen MR) is 67.9 cm³/mol. The summed E-state index contributed by atoms with van der Waals surface area (Å²) in [4.78, 5) is 1.13. The number of rotatable bonds is 4. The van der Waals surface area contributed by atoms with E-state index in [-0.39, 0.29) is 23.0 Å². The molecule has 0 fully saturated rings. The SMILES string of the molecule is CCN(CC(F)(F)F)c1ccc(C(N)=NO)c(Cl)c1. The predicted octanol–water partition coefficient (Wildman–Crippen LogP) is 2.82. The van der Waals surface area contributed by atoms with E-state index in [9.17, 15) is 13.2 Å². The second-order valence-electron chi connectivity index (χ2n) is 3.78. The minimum Gasteiger partial charge on any atom is -0.409 e. The number of hydrogen-bond acceptors (Lipinski definition) is 3. The average molecular weight is 296 g/mol. The van der Waals surface area contributed by atoms with Crippen molar-refractivity contribution in [3.8, 4) is 0 Å². The first kappa shape index (κ1) is 15.4. The Morgan fingerprint density at radius 3 is 2.53 bits per heavy atom. The van der Waals surface area contributed by atoms with E-state index >= 15 is 0 Å². The van der Waals surface area contributed by atoms with Gasteiger partial charge in [0.25, 0.3) is 0 Å². The van der Waals surface area contributed by atoms with Gasteiger partial charge in [-0.3, -0.25) is 0 Å². The fourth-order valence-electron chi connectivity index (χ4n) is 1.56. The highest BCUT2D eigenvalue weighted by Gasteiger charge is 2.30. The van der Waals surface area contributed by atoms with Gasteiger partial charge in [-0.15, -0.1) is 0 Å². The highest BCUT2D eigenvalue weighted by atomic mass is 35.5. The molecular weight excluding hydrogens is 283 g/mol. The van der Waals surface area contributed by atoms with Crippen LogP contribution >= 0.6 is 11.6 Å². The van der Waals surface area contributed by atoms with Crippen molar-refractivity contribution >= 4 is 23.1 Å². The van der Waals surface area contributed by atoms with Gasteiger partial charge in [0.1, 0.15) is 6.54 Å². The summed E-state index contributed by atoms with van der Waals surface area (Å²) in [5, 5.41) is 11.4. The van der Waals surface area contributed by atoms with Gasteiger partial charge in [0.2, 0.25) is 0 Å². The molecule has 0 saturated heterocycles. The zero-order valence-corrected chi connectivity index (χ0v) is 10.8. The van der Waals surface area contributed by atoms with Gasteiger partial charge in [0.15, 0.2) is 5.84 Å². The molecule has 0 heterocycles. The molecule has 0 radical (unpaired) electrons. The van der Waals surface area contributed by atoms with Gasteiger partial charge in [-0.2, -0.15) is 13.2 Å². The summed E-state index contributed by atoms with van der Waals surface area (Å²) in [6, 6.07) is 4.20. The lowest BCUT2D eigenvalue weighted by molar-refractivity contribution is -0.119. The van der Waals surface area contributed by atoms with Crippen molar-refractivity contribution in [1.82, 2.24) is 0 Å². The normalized spacial score (nSPS) is 12.6. The van der Waals surface area contributed by atoms with Crippen LogP contribution < -0.4 is 10.6 Å². The van der Waals surface area contributed by atoms with Crippen molar-refractivity contribution in [3.05, 3.63) is 28.8 Å².